The largest absolute Gasteiger partial charge is 0.463 e. The van der Waals surface area contributed by atoms with Crippen molar-refractivity contribution in [3.63, 3.8) is 0 Å². The van der Waals surface area contributed by atoms with E-state index in [-0.39, 0.29) is 12.2 Å². The van der Waals surface area contributed by atoms with Gasteiger partial charge in [-0.2, -0.15) is 11.8 Å². The van der Waals surface area contributed by atoms with E-state index in [1.165, 1.54) is 0 Å². The van der Waals surface area contributed by atoms with Gasteiger partial charge in [0.1, 0.15) is 23.0 Å². The van der Waals surface area contributed by atoms with Crippen LogP contribution in [-0.4, -0.2) is 6.26 Å². The first-order chi connectivity index (χ1) is 9.10. The minimum absolute atomic E-state index is 0.133. The van der Waals surface area contributed by atoms with Gasteiger partial charge in [0, 0.05) is 12.1 Å². The molecular weight excluding hydrogens is 275 g/mol. The van der Waals surface area contributed by atoms with Gasteiger partial charge in [0.15, 0.2) is 11.6 Å². The lowest BCUT2D eigenvalue weighted by atomic mass is 10.2. The number of nitrogens with one attached hydrogen (secondary N) is 1. The van der Waals surface area contributed by atoms with Crippen molar-refractivity contribution in [1.29, 1.82) is 0 Å². The standard InChI is InChI=1S/C13H12F3NOS/c1-19-7-10-3-2-9(18-10)6-17-13-11(15)4-8(14)5-12(13)16/h2-5,17H,6-7H2,1H3. The van der Waals surface area contributed by atoms with Gasteiger partial charge in [-0.05, 0) is 18.4 Å². The Labute approximate surface area is 113 Å². The van der Waals surface area contributed by atoms with Crippen LogP contribution in [0.5, 0.6) is 0 Å². The quantitative estimate of drug-likeness (QED) is 0.893. The number of hydrogen-bond acceptors (Lipinski definition) is 3. The van der Waals surface area contributed by atoms with Gasteiger partial charge in [-0.15, -0.1) is 0 Å². The molecule has 0 saturated heterocycles. The molecule has 2 aromatic rings. The highest BCUT2D eigenvalue weighted by atomic mass is 32.2. The summed E-state index contributed by atoms with van der Waals surface area (Å²) in [5.74, 6) is -0.779. The predicted molar refractivity (Wildman–Crippen MR) is 69.6 cm³/mol. The van der Waals surface area contributed by atoms with Crippen molar-refractivity contribution in [2.24, 2.45) is 0 Å². The summed E-state index contributed by atoms with van der Waals surface area (Å²) in [6.45, 7) is 0.133. The first-order valence-electron chi connectivity index (χ1n) is 5.55. The molecule has 1 aromatic heterocycles. The fourth-order valence-corrected chi connectivity index (χ4v) is 2.06. The zero-order chi connectivity index (χ0) is 13.8. The van der Waals surface area contributed by atoms with Crippen LogP contribution in [0.1, 0.15) is 11.5 Å². The molecule has 1 aromatic carbocycles. The second kappa shape index (κ2) is 6.06. The molecule has 0 amide bonds. The molecule has 0 unspecified atom stereocenters. The van der Waals surface area contributed by atoms with E-state index in [1.54, 1.807) is 17.8 Å². The maximum atomic E-state index is 13.4. The summed E-state index contributed by atoms with van der Waals surface area (Å²) in [4.78, 5) is 0. The number of benzene rings is 1. The van der Waals surface area contributed by atoms with E-state index in [4.69, 9.17) is 4.42 Å². The third kappa shape index (κ3) is 3.47. The number of anilines is 1. The van der Waals surface area contributed by atoms with Gasteiger partial charge in [0.2, 0.25) is 0 Å². The average Bonchev–Trinajstić information content (AvgIpc) is 2.76. The van der Waals surface area contributed by atoms with Gasteiger partial charge >= 0.3 is 0 Å². The Morgan fingerprint density at radius 1 is 1.11 bits per heavy atom. The Hall–Kier alpha value is -1.56. The Morgan fingerprint density at radius 2 is 1.74 bits per heavy atom. The molecule has 102 valence electrons. The van der Waals surface area contributed by atoms with E-state index >= 15 is 0 Å². The van der Waals surface area contributed by atoms with Crippen molar-refractivity contribution < 1.29 is 17.6 Å². The topological polar surface area (TPSA) is 25.2 Å². The van der Waals surface area contributed by atoms with E-state index in [2.05, 4.69) is 5.32 Å². The van der Waals surface area contributed by atoms with E-state index in [9.17, 15) is 13.2 Å². The maximum absolute atomic E-state index is 13.4. The van der Waals surface area contributed by atoms with Crippen LogP contribution in [0.15, 0.2) is 28.7 Å². The van der Waals surface area contributed by atoms with Crippen LogP contribution >= 0.6 is 11.8 Å². The first kappa shape index (κ1) is 13.9. The molecule has 0 bridgehead atoms. The van der Waals surface area contributed by atoms with Gasteiger partial charge < -0.3 is 9.73 Å². The van der Waals surface area contributed by atoms with Crippen molar-refractivity contribution in [3.8, 4) is 0 Å². The maximum Gasteiger partial charge on any atom is 0.152 e. The SMILES string of the molecule is CSCc1ccc(CNc2c(F)cc(F)cc2F)o1. The first-order valence-corrected chi connectivity index (χ1v) is 6.94. The number of hydrogen-bond donors (Lipinski definition) is 1. The van der Waals surface area contributed by atoms with Gasteiger partial charge in [-0.3, -0.25) is 0 Å². The van der Waals surface area contributed by atoms with E-state index in [0.717, 1.165) is 11.5 Å². The zero-order valence-electron chi connectivity index (χ0n) is 10.2. The highest BCUT2D eigenvalue weighted by Gasteiger charge is 2.11. The van der Waals surface area contributed by atoms with Crippen molar-refractivity contribution in [3.05, 3.63) is 53.2 Å². The summed E-state index contributed by atoms with van der Waals surface area (Å²) in [6.07, 6.45) is 1.95. The van der Waals surface area contributed by atoms with Crippen molar-refractivity contribution in [1.82, 2.24) is 0 Å². The molecule has 0 spiro atoms. The normalized spacial score (nSPS) is 10.7. The molecule has 0 saturated carbocycles. The van der Waals surface area contributed by atoms with Crippen LogP contribution in [0, 0.1) is 17.5 Å². The smallest absolute Gasteiger partial charge is 0.152 e. The number of rotatable bonds is 5. The number of furan rings is 1. The minimum Gasteiger partial charge on any atom is -0.463 e. The minimum atomic E-state index is -0.964. The second-order valence-electron chi connectivity index (χ2n) is 3.90. The third-order valence-electron chi connectivity index (χ3n) is 2.45. The van der Waals surface area contributed by atoms with Crippen molar-refractivity contribution >= 4 is 17.4 Å². The molecule has 6 heteroatoms. The van der Waals surface area contributed by atoms with E-state index < -0.39 is 17.5 Å². The van der Waals surface area contributed by atoms with E-state index in [1.807, 2.05) is 12.3 Å². The van der Waals surface area contributed by atoms with Gasteiger partial charge in [-0.1, -0.05) is 0 Å². The summed E-state index contributed by atoms with van der Waals surface area (Å²) >= 11 is 1.61. The molecule has 0 aliphatic heterocycles. The monoisotopic (exact) mass is 287 g/mol. The highest BCUT2D eigenvalue weighted by molar-refractivity contribution is 7.97. The van der Waals surface area contributed by atoms with Gasteiger partial charge in [-0.25, -0.2) is 13.2 Å². The molecule has 19 heavy (non-hydrogen) atoms. The molecule has 0 atom stereocenters. The fraction of sp³-hybridized carbons (Fsp3) is 0.231. The summed E-state index contributed by atoms with van der Waals surface area (Å²) in [7, 11) is 0. The van der Waals surface area contributed by atoms with Crippen LogP contribution in [-0.2, 0) is 12.3 Å². The van der Waals surface area contributed by atoms with Crippen molar-refractivity contribution in [2.75, 3.05) is 11.6 Å². The Balaban J connectivity index is 2.05. The number of thioether (sulfide) groups is 1. The van der Waals surface area contributed by atoms with Crippen LogP contribution in [0.25, 0.3) is 0 Å². The van der Waals surface area contributed by atoms with Crippen LogP contribution in [0.4, 0.5) is 18.9 Å². The predicted octanol–water partition coefficient (Wildman–Crippen LogP) is 4.17. The Kier molecular flexibility index (Phi) is 4.42. The lowest BCUT2D eigenvalue weighted by Crippen LogP contribution is -2.03. The van der Waals surface area contributed by atoms with Crippen LogP contribution in [0.3, 0.4) is 0 Å². The van der Waals surface area contributed by atoms with Crippen molar-refractivity contribution in [2.45, 2.75) is 12.3 Å². The summed E-state index contributed by atoms with van der Waals surface area (Å²) in [5, 5.41) is 2.56. The molecule has 2 nitrogen and oxygen atoms in total. The van der Waals surface area contributed by atoms with Crippen LogP contribution < -0.4 is 5.32 Å². The molecule has 1 N–H and O–H groups in total. The lowest BCUT2D eigenvalue weighted by molar-refractivity contribution is 0.485. The molecule has 2 rings (SSSR count). The van der Waals surface area contributed by atoms with E-state index in [0.29, 0.717) is 17.9 Å². The average molecular weight is 287 g/mol. The molecule has 0 radical (unpaired) electrons. The Morgan fingerprint density at radius 3 is 2.37 bits per heavy atom. The molecular formula is C13H12F3NOS. The second-order valence-corrected chi connectivity index (χ2v) is 4.77. The third-order valence-corrected chi connectivity index (χ3v) is 3.02. The zero-order valence-corrected chi connectivity index (χ0v) is 11.0. The molecule has 1 heterocycles. The highest BCUT2D eigenvalue weighted by Crippen LogP contribution is 2.21. The number of halogens is 3. The summed E-state index contributed by atoms with van der Waals surface area (Å²) in [6, 6.07) is 4.81. The fourth-order valence-electron chi connectivity index (χ4n) is 1.62. The summed E-state index contributed by atoms with van der Waals surface area (Å²) < 4.78 is 44.9. The molecule has 0 fully saturated rings. The lowest BCUT2D eigenvalue weighted by Gasteiger charge is -2.07. The Bertz CT molecular complexity index is 548. The summed E-state index contributed by atoms with van der Waals surface area (Å²) in [5.41, 5.74) is -0.357. The van der Waals surface area contributed by atoms with Gasteiger partial charge in [0.25, 0.3) is 0 Å². The van der Waals surface area contributed by atoms with Crippen LogP contribution in [0.2, 0.25) is 0 Å². The molecule has 0 aliphatic rings. The molecule has 0 aliphatic carbocycles. The van der Waals surface area contributed by atoms with Gasteiger partial charge in [0.05, 0.1) is 12.3 Å².